The van der Waals surface area contributed by atoms with E-state index in [1.165, 1.54) is 30.3 Å². The quantitative estimate of drug-likeness (QED) is 0.0586. The number of hydrogen-bond donors (Lipinski definition) is 3. The van der Waals surface area contributed by atoms with Crippen LogP contribution in [0.4, 0.5) is 43.9 Å². The minimum atomic E-state index is -5.84. The fourth-order valence-corrected chi connectivity index (χ4v) is 4.51. The van der Waals surface area contributed by atoms with Crippen LogP contribution in [0.3, 0.4) is 0 Å². The van der Waals surface area contributed by atoms with Gasteiger partial charge >= 0.3 is 39.9 Å². The Hall–Kier alpha value is -5.01. The summed E-state index contributed by atoms with van der Waals surface area (Å²) in [4.78, 5) is 22.2. The molecule has 0 saturated heterocycles. The molecular formula is C30H16Br2F10O12S. The summed E-state index contributed by atoms with van der Waals surface area (Å²) < 4.78 is 172. The van der Waals surface area contributed by atoms with Crippen molar-refractivity contribution in [1.29, 1.82) is 0 Å². The van der Waals surface area contributed by atoms with E-state index in [2.05, 4.69) is 41.3 Å². The van der Waals surface area contributed by atoms with E-state index in [1.807, 2.05) is 0 Å². The van der Waals surface area contributed by atoms with Gasteiger partial charge in [-0.15, -0.1) is 8.78 Å². The highest BCUT2D eigenvalue weighted by molar-refractivity contribution is 9.10. The molecule has 6 rings (SSSR count). The second-order valence-electron chi connectivity index (χ2n) is 10.1. The van der Waals surface area contributed by atoms with Gasteiger partial charge in [-0.2, -0.15) is 26.0 Å². The van der Waals surface area contributed by atoms with Crippen molar-refractivity contribution in [3.8, 4) is 34.5 Å². The number of rotatable bonds is 3. The lowest BCUT2D eigenvalue weighted by molar-refractivity contribution is -0.286. The summed E-state index contributed by atoms with van der Waals surface area (Å²) in [6.45, 7) is 1.06. The summed E-state index contributed by atoms with van der Waals surface area (Å²) >= 11 is 5.73. The Morgan fingerprint density at radius 1 is 0.709 bits per heavy atom. The summed E-state index contributed by atoms with van der Waals surface area (Å²) in [7, 11) is -5.84. The zero-order chi connectivity index (χ0) is 41.8. The maximum Gasteiger partial charge on any atom is 0.586 e. The SMILES string of the molecule is CC1(F)Oc2ccc(OC(=O)c3c(F)cc(Br)cc3F)cc2O1.O=C(O)c1c(F)cc(Br)cc1F.O=S(=O)(O)C(F)(F)F.Oc1ccc2c(c1)OC(F)(F)O2. The predicted molar refractivity (Wildman–Crippen MR) is 169 cm³/mol. The summed E-state index contributed by atoms with van der Waals surface area (Å²) in [6, 6.07) is 8.65. The topological polar surface area (TPSA) is 175 Å². The minimum absolute atomic E-state index is 0.0112. The first-order valence-electron chi connectivity index (χ1n) is 13.7. The van der Waals surface area contributed by atoms with Crippen molar-refractivity contribution in [2.75, 3.05) is 0 Å². The largest absolute Gasteiger partial charge is 0.586 e. The maximum absolute atomic E-state index is 13.7. The molecule has 1 unspecified atom stereocenters. The van der Waals surface area contributed by atoms with Crippen LogP contribution >= 0.6 is 31.9 Å². The van der Waals surface area contributed by atoms with Gasteiger partial charge in [-0.05, 0) is 48.5 Å². The number of aromatic carboxylic acids is 1. The number of esters is 1. The first kappa shape index (κ1) is 44.4. The van der Waals surface area contributed by atoms with Crippen molar-refractivity contribution < 1.29 is 100 Å². The van der Waals surface area contributed by atoms with Gasteiger partial charge < -0.3 is 33.9 Å². The van der Waals surface area contributed by atoms with Gasteiger partial charge in [0.25, 0.3) is 0 Å². The third-order valence-electron chi connectivity index (χ3n) is 5.82. The highest BCUT2D eigenvalue weighted by Crippen LogP contribution is 2.43. The van der Waals surface area contributed by atoms with Crippen molar-refractivity contribution in [2.24, 2.45) is 0 Å². The van der Waals surface area contributed by atoms with E-state index < -0.39 is 74.3 Å². The van der Waals surface area contributed by atoms with E-state index in [-0.39, 0.29) is 43.4 Å². The van der Waals surface area contributed by atoms with Gasteiger partial charge in [-0.3, -0.25) is 4.55 Å². The molecule has 0 radical (unpaired) electrons. The highest BCUT2D eigenvalue weighted by Gasteiger charge is 2.45. The molecule has 0 aliphatic carbocycles. The Balaban J connectivity index is 0.000000215. The van der Waals surface area contributed by atoms with Crippen molar-refractivity contribution in [3.05, 3.63) is 104 Å². The zero-order valence-corrected chi connectivity index (χ0v) is 30.2. The summed E-state index contributed by atoms with van der Waals surface area (Å²) in [6.07, 6.45) is -3.61. The van der Waals surface area contributed by atoms with Crippen LogP contribution in [0.2, 0.25) is 0 Å². The van der Waals surface area contributed by atoms with Crippen LogP contribution in [-0.4, -0.2) is 53.0 Å². The van der Waals surface area contributed by atoms with Crippen LogP contribution < -0.4 is 23.7 Å². The molecule has 4 aromatic rings. The Labute approximate surface area is 316 Å². The van der Waals surface area contributed by atoms with Gasteiger partial charge in [0.1, 0.15) is 45.9 Å². The third-order valence-corrected chi connectivity index (χ3v) is 7.32. The number of benzene rings is 4. The number of fused-ring (bicyclic) bond motifs is 2. The van der Waals surface area contributed by atoms with Gasteiger partial charge in [0.05, 0.1) is 0 Å². The molecular weight excluding hydrogens is 934 g/mol. The maximum atomic E-state index is 13.7. The molecule has 0 spiro atoms. The smallest absolute Gasteiger partial charge is 0.508 e. The van der Waals surface area contributed by atoms with Gasteiger partial charge in [0.2, 0.25) is 0 Å². The van der Waals surface area contributed by atoms with Crippen molar-refractivity contribution >= 4 is 53.9 Å². The minimum Gasteiger partial charge on any atom is -0.508 e. The lowest BCUT2D eigenvalue weighted by Crippen LogP contribution is -2.27. The number of ether oxygens (including phenoxy) is 5. The van der Waals surface area contributed by atoms with Gasteiger partial charge in [0.15, 0.2) is 23.0 Å². The van der Waals surface area contributed by atoms with Gasteiger partial charge in [0, 0.05) is 28.0 Å². The molecule has 0 fully saturated rings. The normalized spacial score (nSPS) is 16.0. The Kier molecular flexibility index (Phi) is 13.5. The van der Waals surface area contributed by atoms with Crippen LogP contribution in [0.15, 0.2) is 69.6 Å². The number of hydrogen-bond acceptors (Lipinski definition) is 10. The average Bonchev–Trinajstić information content (AvgIpc) is 3.47. The fraction of sp³-hybridized carbons (Fsp3) is 0.133. The molecule has 0 aromatic heterocycles. The van der Waals surface area contributed by atoms with E-state index in [9.17, 15) is 53.5 Å². The standard InChI is InChI=1S/C15H8BrF3O4.C7H3BrF2O2.C7H4F2O3.CHF3O3S/c1-15(19)22-11-3-2-8(6-12(11)23-15)21-14(20)13-9(17)4-7(16)5-10(13)18;8-3-1-4(9)6(7(11)12)5(10)2-3;8-7(9)11-5-2-1-4(10)3-6(5)12-7;2-1(3,4)8(5,6)7/h2-6H,1H3;1-2H,(H,11,12);1-3,10H;(H,5,6,7). The molecule has 2 heterocycles. The molecule has 12 nitrogen and oxygen atoms in total. The number of phenolic OH excluding ortho intramolecular Hbond substituents is 1. The van der Waals surface area contributed by atoms with Crippen LogP contribution in [-0.2, 0) is 10.1 Å². The zero-order valence-electron chi connectivity index (χ0n) is 26.2. The van der Waals surface area contributed by atoms with Crippen molar-refractivity contribution in [2.45, 2.75) is 24.8 Å². The number of carboxylic acids is 1. The van der Waals surface area contributed by atoms with Crippen LogP contribution in [0.25, 0.3) is 0 Å². The molecule has 0 bridgehead atoms. The number of aromatic hydroxyl groups is 1. The van der Waals surface area contributed by atoms with Crippen molar-refractivity contribution in [1.82, 2.24) is 0 Å². The molecule has 55 heavy (non-hydrogen) atoms. The van der Waals surface area contributed by atoms with Crippen LogP contribution in [0.1, 0.15) is 27.6 Å². The molecule has 298 valence electrons. The second kappa shape index (κ2) is 16.8. The molecule has 2 aliphatic rings. The fourth-order valence-electron chi connectivity index (χ4n) is 3.71. The van der Waals surface area contributed by atoms with Gasteiger partial charge in [-0.25, -0.2) is 27.2 Å². The summed E-state index contributed by atoms with van der Waals surface area (Å²) in [5, 5.41) is 17.2. The number of carboxylic acid groups (broad SMARTS) is 1. The monoisotopic (exact) mass is 948 g/mol. The van der Waals surface area contributed by atoms with Gasteiger partial charge in [-0.1, -0.05) is 31.9 Å². The lowest BCUT2D eigenvalue weighted by atomic mass is 10.2. The molecule has 25 heteroatoms. The van der Waals surface area contributed by atoms with Crippen LogP contribution in [0.5, 0.6) is 34.5 Å². The lowest BCUT2D eigenvalue weighted by Gasteiger charge is -2.10. The average molecular weight is 950 g/mol. The van der Waals surface area contributed by atoms with E-state index >= 15 is 0 Å². The number of carbonyl (C=O) groups is 2. The molecule has 2 aliphatic heterocycles. The van der Waals surface area contributed by atoms with Crippen molar-refractivity contribution in [3.63, 3.8) is 0 Å². The van der Waals surface area contributed by atoms with E-state index in [1.54, 1.807) is 0 Å². The first-order chi connectivity index (χ1) is 25.1. The third kappa shape index (κ3) is 12.2. The highest BCUT2D eigenvalue weighted by atomic mass is 79.9. The molecule has 0 saturated carbocycles. The summed E-state index contributed by atoms with van der Waals surface area (Å²) in [5.41, 5.74) is -7.30. The van der Waals surface area contributed by atoms with E-state index in [4.69, 9.17) is 37.4 Å². The van der Waals surface area contributed by atoms with E-state index in [0.717, 1.165) is 37.3 Å². The molecule has 3 N–H and O–H groups in total. The van der Waals surface area contributed by atoms with E-state index in [0.29, 0.717) is 0 Å². The number of alkyl halides is 6. The molecule has 4 aromatic carbocycles. The molecule has 1 atom stereocenters. The van der Waals surface area contributed by atoms with Crippen LogP contribution in [0, 0.1) is 23.3 Å². The molecule has 0 amide bonds. The predicted octanol–water partition coefficient (Wildman–Crippen LogP) is 8.89. The Bertz CT molecular complexity index is 2180. The number of carbonyl (C=O) groups excluding carboxylic acids is 1. The number of halogens is 12. The Morgan fingerprint density at radius 2 is 1.11 bits per heavy atom. The second-order valence-corrected chi connectivity index (χ2v) is 13.3. The summed E-state index contributed by atoms with van der Waals surface area (Å²) in [5.74, 6) is -7.47. The first-order valence-corrected chi connectivity index (χ1v) is 16.7. The Morgan fingerprint density at radius 3 is 1.58 bits per heavy atom. The number of phenols is 1.